The van der Waals surface area contributed by atoms with E-state index in [4.69, 9.17) is 4.74 Å². The lowest BCUT2D eigenvalue weighted by molar-refractivity contribution is 0.474. The van der Waals surface area contributed by atoms with Gasteiger partial charge in [-0.3, -0.25) is 0 Å². The molecule has 0 aliphatic heterocycles. The van der Waals surface area contributed by atoms with E-state index in [-0.39, 0.29) is 0 Å². The van der Waals surface area contributed by atoms with Crippen LogP contribution in [0.4, 0.5) is 0 Å². The topological polar surface area (TPSA) is 9.23 Å². The van der Waals surface area contributed by atoms with Crippen LogP contribution in [0.1, 0.15) is 76.0 Å². The number of rotatable bonds is 5. The van der Waals surface area contributed by atoms with E-state index in [0.29, 0.717) is 17.8 Å². The monoisotopic (exact) mass is 452 g/mol. The highest BCUT2D eigenvalue weighted by atomic mass is 79.9. The van der Waals surface area contributed by atoms with Crippen molar-refractivity contribution < 1.29 is 4.74 Å². The highest BCUT2D eigenvalue weighted by Crippen LogP contribution is 2.40. The predicted octanol–water partition coefficient (Wildman–Crippen LogP) is 8.37. The second-order valence-corrected chi connectivity index (χ2v) is 8.88. The summed E-state index contributed by atoms with van der Waals surface area (Å²) in [6.07, 6.45) is 0. The van der Waals surface area contributed by atoms with Gasteiger partial charge in [-0.15, -0.1) is 0 Å². The smallest absolute Gasteiger partial charge is 0.155 e. The van der Waals surface area contributed by atoms with Crippen LogP contribution in [0.25, 0.3) is 0 Å². The van der Waals surface area contributed by atoms with Gasteiger partial charge in [0.05, 0.1) is 8.95 Å². The molecule has 0 radical (unpaired) electrons. The average Bonchev–Trinajstić information content (AvgIpc) is 2.50. The summed E-state index contributed by atoms with van der Waals surface area (Å²) in [5.41, 5.74) is 4.03. The fourth-order valence-electron chi connectivity index (χ4n) is 2.77. The zero-order chi connectivity index (χ0) is 18.0. The maximum absolute atomic E-state index is 6.21. The van der Waals surface area contributed by atoms with Crippen LogP contribution in [-0.2, 0) is 0 Å². The van der Waals surface area contributed by atoms with Gasteiger partial charge in [0.25, 0.3) is 0 Å². The molecule has 3 heteroatoms. The summed E-state index contributed by atoms with van der Waals surface area (Å²) in [4.78, 5) is 0. The lowest BCUT2D eigenvalue weighted by atomic mass is 9.90. The van der Waals surface area contributed by atoms with Gasteiger partial charge in [-0.2, -0.15) is 0 Å². The fourth-order valence-corrected chi connectivity index (χ4v) is 4.15. The Balaban J connectivity index is 2.40. The summed E-state index contributed by atoms with van der Waals surface area (Å²) >= 11 is 7.31. The van der Waals surface area contributed by atoms with E-state index >= 15 is 0 Å². The number of hydrogen-bond donors (Lipinski definition) is 0. The summed E-state index contributed by atoms with van der Waals surface area (Å²) < 4.78 is 8.15. The Morgan fingerprint density at radius 2 is 1.25 bits per heavy atom. The summed E-state index contributed by atoms with van der Waals surface area (Å²) in [6.45, 7) is 13.3. The minimum absolute atomic E-state index is 0.473. The Labute approximate surface area is 163 Å². The van der Waals surface area contributed by atoms with Crippen molar-refractivity contribution in [1.29, 1.82) is 0 Å². The van der Waals surface area contributed by atoms with Crippen LogP contribution in [-0.4, -0.2) is 0 Å². The van der Waals surface area contributed by atoms with Gasteiger partial charge >= 0.3 is 0 Å². The molecule has 0 aromatic heterocycles. The maximum Gasteiger partial charge on any atom is 0.155 e. The molecule has 2 aromatic carbocycles. The molecule has 0 N–H and O–H groups in total. The van der Waals surface area contributed by atoms with Gasteiger partial charge in [-0.1, -0.05) is 47.6 Å². The number of benzene rings is 2. The van der Waals surface area contributed by atoms with Crippen molar-refractivity contribution in [1.82, 2.24) is 0 Å². The molecular weight excluding hydrogens is 428 g/mol. The van der Waals surface area contributed by atoms with Gasteiger partial charge in [0.2, 0.25) is 0 Å². The van der Waals surface area contributed by atoms with E-state index in [1.54, 1.807) is 0 Å². The van der Waals surface area contributed by atoms with Crippen LogP contribution in [0.2, 0.25) is 0 Å². The van der Waals surface area contributed by atoms with Gasteiger partial charge in [-0.25, -0.2) is 0 Å². The Bertz CT molecular complexity index is 695. The zero-order valence-corrected chi connectivity index (χ0v) is 18.5. The largest absolute Gasteiger partial charge is 0.455 e. The fraction of sp³-hybridized carbons (Fsp3) is 0.429. The summed E-state index contributed by atoms with van der Waals surface area (Å²) in [7, 11) is 0. The molecule has 130 valence electrons. The number of hydrogen-bond acceptors (Lipinski definition) is 1. The quantitative estimate of drug-likeness (QED) is 0.441. The molecule has 2 aromatic rings. The second-order valence-electron chi connectivity index (χ2n) is 7.17. The van der Waals surface area contributed by atoms with E-state index in [1.165, 1.54) is 16.7 Å². The van der Waals surface area contributed by atoms with Crippen LogP contribution in [0.5, 0.6) is 11.5 Å². The van der Waals surface area contributed by atoms with E-state index in [1.807, 2.05) is 0 Å². The van der Waals surface area contributed by atoms with Crippen molar-refractivity contribution in [2.75, 3.05) is 0 Å². The minimum Gasteiger partial charge on any atom is -0.455 e. The second kappa shape index (κ2) is 8.05. The molecule has 2 rings (SSSR count). The number of halogens is 2. The van der Waals surface area contributed by atoms with Crippen molar-refractivity contribution in [3.05, 3.63) is 56.0 Å². The first kappa shape index (κ1) is 19.5. The first-order valence-electron chi connectivity index (χ1n) is 8.51. The normalized spacial score (nSPS) is 11.6. The lowest BCUT2D eigenvalue weighted by Crippen LogP contribution is -1.99. The van der Waals surface area contributed by atoms with Crippen LogP contribution >= 0.6 is 31.9 Å². The molecule has 0 atom stereocenters. The minimum atomic E-state index is 0.473. The highest BCUT2D eigenvalue weighted by Gasteiger charge is 2.15. The van der Waals surface area contributed by atoms with Crippen molar-refractivity contribution in [3.8, 4) is 11.5 Å². The summed E-state index contributed by atoms with van der Waals surface area (Å²) in [5, 5.41) is 0. The standard InChI is InChI=1S/C21H26Br2O/c1-12(2)15-9-19(22)21(20(23)10-15)24-16-7-8-17(13(3)4)18(11-16)14(5)6/h7-14H,1-6H3. The summed E-state index contributed by atoms with van der Waals surface area (Å²) in [6, 6.07) is 10.7. The van der Waals surface area contributed by atoms with Gasteiger partial charge in [0, 0.05) is 0 Å². The van der Waals surface area contributed by atoms with E-state index in [0.717, 1.165) is 20.4 Å². The third-order valence-electron chi connectivity index (χ3n) is 4.21. The molecule has 0 bridgehead atoms. The van der Waals surface area contributed by atoms with E-state index < -0.39 is 0 Å². The van der Waals surface area contributed by atoms with Crippen molar-refractivity contribution in [2.24, 2.45) is 0 Å². The zero-order valence-electron chi connectivity index (χ0n) is 15.3. The lowest BCUT2D eigenvalue weighted by Gasteiger charge is -2.19. The molecule has 0 heterocycles. The molecule has 0 saturated heterocycles. The van der Waals surface area contributed by atoms with E-state index in [9.17, 15) is 0 Å². The van der Waals surface area contributed by atoms with Gasteiger partial charge < -0.3 is 4.74 Å². The predicted molar refractivity (Wildman–Crippen MR) is 111 cm³/mol. The van der Waals surface area contributed by atoms with Gasteiger partial charge in [-0.05, 0) is 90.6 Å². The Kier molecular flexibility index (Phi) is 6.55. The molecule has 24 heavy (non-hydrogen) atoms. The molecule has 0 unspecified atom stereocenters. The summed E-state index contributed by atoms with van der Waals surface area (Å²) in [5.74, 6) is 3.17. The molecule has 0 aliphatic rings. The average molecular weight is 454 g/mol. The van der Waals surface area contributed by atoms with Crippen molar-refractivity contribution in [2.45, 2.75) is 59.3 Å². The molecule has 1 nitrogen and oxygen atoms in total. The Morgan fingerprint density at radius 1 is 0.708 bits per heavy atom. The van der Waals surface area contributed by atoms with Crippen molar-refractivity contribution in [3.63, 3.8) is 0 Å². The third-order valence-corrected chi connectivity index (χ3v) is 5.39. The maximum atomic E-state index is 6.21. The molecule has 0 amide bonds. The first-order chi connectivity index (χ1) is 11.2. The van der Waals surface area contributed by atoms with Gasteiger partial charge in [0.15, 0.2) is 5.75 Å². The van der Waals surface area contributed by atoms with Crippen LogP contribution in [0.15, 0.2) is 39.3 Å². The third kappa shape index (κ3) is 4.43. The van der Waals surface area contributed by atoms with Gasteiger partial charge in [0.1, 0.15) is 5.75 Å². The van der Waals surface area contributed by atoms with Crippen molar-refractivity contribution >= 4 is 31.9 Å². The van der Waals surface area contributed by atoms with Crippen LogP contribution in [0, 0.1) is 0 Å². The molecule has 0 saturated carbocycles. The SMILES string of the molecule is CC(C)c1cc(Br)c(Oc2ccc(C(C)C)c(C(C)C)c2)c(Br)c1. The molecule has 0 fully saturated rings. The van der Waals surface area contributed by atoms with Crippen LogP contribution < -0.4 is 4.74 Å². The Morgan fingerprint density at radius 3 is 1.71 bits per heavy atom. The molecular formula is C21H26Br2O. The highest BCUT2D eigenvalue weighted by molar-refractivity contribution is 9.11. The van der Waals surface area contributed by atoms with Crippen LogP contribution in [0.3, 0.4) is 0 Å². The van der Waals surface area contributed by atoms with E-state index in [2.05, 4.69) is 104 Å². The Hall–Kier alpha value is -0.800. The molecule has 0 spiro atoms. The number of ether oxygens (including phenoxy) is 1. The first-order valence-corrected chi connectivity index (χ1v) is 10.1. The molecule has 0 aliphatic carbocycles.